The zero-order valence-electron chi connectivity index (χ0n) is 15.6. The van der Waals surface area contributed by atoms with Crippen LogP contribution in [0.3, 0.4) is 0 Å². The van der Waals surface area contributed by atoms with Crippen molar-refractivity contribution in [2.75, 3.05) is 10.6 Å². The van der Waals surface area contributed by atoms with E-state index in [2.05, 4.69) is 22.8 Å². The molecule has 0 heterocycles. The molecule has 1 amide bonds. The number of carboxylic acid groups (broad SMARTS) is 1. The quantitative estimate of drug-likeness (QED) is 0.551. The summed E-state index contributed by atoms with van der Waals surface area (Å²) in [7, 11) is 0. The predicted molar refractivity (Wildman–Crippen MR) is 111 cm³/mol. The minimum atomic E-state index is -0.991. The molecule has 0 saturated heterocycles. The molecule has 3 aromatic carbocycles. The summed E-state index contributed by atoms with van der Waals surface area (Å²) in [4.78, 5) is 22.9. The number of carboxylic acids is 1. The number of anilines is 3. The first kappa shape index (κ1) is 19.2. The number of carbonyl (C=O) groups excluding carboxylic acids is 1. The van der Waals surface area contributed by atoms with E-state index in [1.807, 2.05) is 36.4 Å². The lowest BCUT2D eigenvalue weighted by Gasteiger charge is -2.13. The van der Waals surface area contributed by atoms with Crippen LogP contribution in [0.1, 0.15) is 28.4 Å². The van der Waals surface area contributed by atoms with Crippen LogP contribution in [0.25, 0.3) is 0 Å². The smallest absolute Gasteiger partial charge is 0.337 e. The number of rotatable bonds is 7. The van der Waals surface area contributed by atoms with E-state index in [9.17, 15) is 14.7 Å². The average molecular weight is 374 g/mol. The maximum absolute atomic E-state index is 11.6. The van der Waals surface area contributed by atoms with Crippen LogP contribution in [0.2, 0.25) is 0 Å². The number of nitrogens with one attached hydrogen (secondary N) is 2. The van der Waals surface area contributed by atoms with E-state index in [0.717, 1.165) is 18.4 Å². The van der Waals surface area contributed by atoms with Gasteiger partial charge in [-0.3, -0.25) is 4.79 Å². The summed E-state index contributed by atoms with van der Waals surface area (Å²) >= 11 is 0. The second kappa shape index (κ2) is 8.86. The topological polar surface area (TPSA) is 78.4 Å². The fourth-order valence-electron chi connectivity index (χ4n) is 3.00. The van der Waals surface area contributed by atoms with Gasteiger partial charge in [-0.05, 0) is 54.3 Å². The first-order chi connectivity index (χ1) is 13.5. The Hall–Kier alpha value is -3.60. The molecule has 0 unspecified atom stereocenters. The summed E-state index contributed by atoms with van der Waals surface area (Å²) in [5.74, 6) is -1.15. The lowest BCUT2D eigenvalue weighted by molar-refractivity contribution is -0.114. The van der Waals surface area contributed by atoms with Crippen molar-refractivity contribution in [3.8, 4) is 0 Å². The van der Waals surface area contributed by atoms with Crippen molar-refractivity contribution in [3.05, 3.63) is 89.5 Å². The molecule has 0 bridgehead atoms. The molecule has 5 heteroatoms. The van der Waals surface area contributed by atoms with Crippen molar-refractivity contribution in [2.45, 2.75) is 19.8 Å². The van der Waals surface area contributed by atoms with E-state index >= 15 is 0 Å². The molecule has 28 heavy (non-hydrogen) atoms. The van der Waals surface area contributed by atoms with Crippen LogP contribution in [0, 0.1) is 0 Å². The number of amides is 1. The molecule has 3 N–H and O–H groups in total. The molecule has 0 fully saturated rings. The number of hydrogen-bond acceptors (Lipinski definition) is 3. The molecule has 0 aliphatic carbocycles. The number of benzene rings is 3. The maximum Gasteiger partial charge on any atom is 0.337 e. The third-order valence-corrected chi connectivity index (χ3v) is 4.32. The van der Waals surface area contributed by atoms with Gasteiger partial charge in [0, 0.05) is 18.3 Å². The van der Waals surface area contributed by atoms with Crippen LogP contribution in [0.5, 0.6) is 0 Å². The van der Waals surface area contributed by atoms with E-state index < -0.39 is 5.97 Å². The standard InChI is InChI=1S/C23H22N2O3/c1-16(26)24-19-8-5-9-20(15-19)25-22-14-18(12-13-21(22)23(27)28)11-10-17-6-3-2-4-7-17/h2-9,12-15,25H,10-11H2,1H3,(H,24,26)(H,27,28). The van der Waals surface area contributed by atoms with Gasteiger partial charge >= 0.3 is 5.97 Å². The molecule has 3 rings (SSSR count). The monoisotopic (exact) mass is 374 g/mol. The Morgan fingerprint density at radius 3 is 2.25 bits per heavy atom. The highest BCUT2D eigenvalue weighted by Crippen LogP contribution is 2.25. The fraction of sp³-hybridized carbons (Fsp3) is 0.130. The molecule has 5 nitrogen and oxygen atoms in total. The van der Waals surface area contributed by atoms with Gasteiger partial charge in [0.15, 0.2) is 0 Å². The zero-order valence-corrected chi connectivity index (χ0v) is 15.6. The summed E-state index contributed by atoms with van der Waals surface area (Å²) in [6, 6.07) is 22.7. The van der Waals surface area contributed by atoms with Gasteiger partial charge in [-0.25, -0.2) is 4.79 Å². The normalized spacial score (nSPS) is 10.3. The average Bonchev–Trinajstić information content (AvgIpc) is 2.67. The van der Waals surface area contributed by atoms with E-state index in [1.54, 1.807) is 24.3 Å². The largest absolute Gasteiger partial charge is 0.478 e. The Kier molecular flexibility index (Phi) is 6.07. The fourth-order valence-corrected chi connectivity index (χ4v) is 3.00. The molecule has 142 valence electrons. The molecule has 0 aliphatic heterocycles. The van der Waals surface area contributed by atoms with Crippen molar-refractivity contribution >= 4 is 28.9 Å². The van der Waals surface area contributed by atoms with Gasteiger partial charge in [0.1, 0.15) is 0 Å². The molecular weight excluding hydrogens is 352 g/mol. The molecular formula is C23H22N2O3. The first-order valence-electron chi connectivity index (χ1n) is 9.06. The van der Waals surface area contributed by atoms with Crippen LogP contribution in [0.15, 0.2) is 72.8 Å². The maximum atomic E-state index is 11.6. The summed E-state index contributed by atoms with van der Waals surface area (Å²) in [5, 5.41) is 15.4. The van der Waals surface area contributed by atoms with Gasteiger partial charge < -0.3 is 15.7 Å². The third kappa shape index (κ3) is 5.20. The highest BCUT2D eigenvalue weighted by molar-refractivity contribution is 5.95. The van der Waals surface area contributed by atoms with Crippen molar-refractivity contribution in [3.63, 3.8) is 0 Å². The van der Waals surface area contributed by atoms with Crippen molar-refractivity contribution in [1.29, 1.82) is 0 Å². The van der Waals surface area contributed by atoms with Crippen LogP contribution >= 0.6 is 0 Å². The van der Waals surface area contributed by atoms with Gasteiger partial charge in [-0.1, -0.05) is 42.5 Å². The molecule has 0 saturated carbocycles. The Labute approximate surface area is 164 Å². The Balaban J connectivity index is 1.82. The lowest BCUT2D eigenvalue weighted by atomic mass is 10.0. The van der Waals surface area contributed by atoms with E-state index in [0.29, 0.717) is 17.1 Å². The van der Waals surface area contributed by atoms with Crippen molar-refractivity contribution in [1.82, 2.24) is 0 Å². The van der Waals surface area contributed by atoms with Gasteiger partial charge in [0.2, 0.25) is 5.91 Å². The van der Waals surface area contributed by atoms with Crippen molar-refractivity contribution < 1.29 is 14.7 Å². The summed E-state index contributed by atoms with van der Waals surface area (Å²) in [6.07, 6.45) is 1.69. The molecule has 0 aliphatic rings. The number of carbonyl (C=O) groups is 2. The highest BCUT2D eigenvalue weighted by atomic mass is 16.4. The Morgan fingerprint density at radius 2 is 1.54 bits per heavy atom. The van der Waals surface area contributed by atoms with Crippen LogP contribution < -0.4 is 10.6 Å². The van der Waals surface area contributed by atoms with Crippen molar-refractivity contribution in [2.24, 2.45) is 0 Å². The third-order valence-electron chi connectivity index (χ3n) is 4.32. The SMILES string of the molecule is CC(=O)Nc1cccc(Nc2cc(CCc3ccccc3)ccc2C(=O)O)c1. The van der Waals surface area contributed by atoms with Crippen LogP contribution in [0.4, 0.5) is 17.1 Å². The van der Waals surface area contributed by atoms with E-state index in [4.69, 9.17) is 0 Å². The number of aromatic carboxylic acids is 1. The van der Waals surface area contributed by atoms with Gasteiger partial charge in [0.05, 0.1) is 11.3 Å². The Bertz CT molecular complexity index is 984. The van der Waals surface area contributed by atoms with Crippen LogP contribution in [-0.4, -0.2) is 17.0 Å². The first-order valence-corrected chi connectivity index (χ1v) is 9.06. The van der Waals surface area contributed by atoms with Crippen LogP contribution in [-0.2, 0) is 17.6 Å². The highest BCUT2D eigenvalue weighted by Gasteiger charge is 2.12. The molecule has 0 aromatic heterocycles. The summed E-state index contributed by atoms with van der Waals surface area (Å²) in [5.41, 5.74) is 4.37. The molecule has 0 atom stereocenters. The number of hydrogen-bond donors (Lipinski definition) is 3. The molecule has 0 spiro atoms. The summed E-state index contributed by atoms with van der Waals surface area (Å²) < 4.78 is 0. The zero-order chi connectivity index (χ0) is 19.9. The number of aryl methyl sites for hydroxylation is 2. The van der Waals surface area contributed by atoms with Gasteiger partial charge in [-0.15, -0.1) is 0 Å². The predicted octanol–water partition coefficient (Wildman–Crippen LogP) is 4.87. The molecule has 3 aromatic rings. The minimum Gasteiger partial charge on any atom is -0.478 e. The van der Waals surface area contributed by atoms with E-state index in [-0.39, 0.29) is 11.5 Å². The minimum absolute atomic E-state index is 0.161. The van der Waals surface area contributed by atoms with E-state index in [1.165, 1.54) is 12.5 Å². The van der Waals surface area contributed by atoms with Gasteiger partial charge in [0.25, 0.3) is 0 Å². The molecule has 0 radical (unpaired) electrons. The second-order valence-electron chi connectivity index (χ2n) is 6.56. The van der Waals surface area contributed by atoms with Gasteiger partial charge in [-0.2, -0.15) is 0 Å². The second-order valence-corrected chi connectivity index (χ2v) is 6.56. The summed E-state index contributed by atoms with van der Waals surface area (Å²) in [6.45, 7) is 1.44. The lowest BCUT2D eigenvalue weighted by Crippen LogP contribution is -2.07. The Morgan fingerprint density at radius 1 is 0.821 bits per heavy atom.